The van der Waals surface area contributed by atoms with E-state index in [1.54, 1.807) is 6.92 Å². The van der Waals surface area contributed by atoms with E-state index in [1.807, 2.05) is 0 Å². The zero-order valence-electron chi connectivity index (χ0n) is 9.21. The minimum atomic E-state index is -1.33. The number of carbonyl (C=O) groups excluding carboxylic acids is 1. The fourth-order valence-corrected chi connectivity index (χ4v) is 0.880. The molecular weight excluding hydrogens is 216 g/mol. The van der Waals surface area contributed by atoms with Crippen LogP contribution in [0.2, 0.25) is 0 Å². The van der Waals surface area contributed by atoms with Crippen molar-refractivity contribution in [3.63, 3.8) is 0 Å². The first-order valence-corrected chi connectivity index (χ1v) is 4.82. The molecule has 16 heavy (non-hydrogen) atoms. The molecule has 0 radical (unpaired) electrons. The maximum Gasteiger partial charge on any atom is 0.331 e. The van der Waals surface area contributed by atoms with Crippen LogP contribution in [0.15, 0.2) is 11.6 Å². The molecule has 0 saturated carbocycles. The van der Waals surface area contributed by atoms with Crippen LogP contribution in [0.4, 0.5) is 0 Å². The number of rotatable bonds is 6. The number of hydrogen-bond acceptors (Lipinski definition) is 5. The molecule has 92 valence electrons. The highest BCUT2D eigenvalue weighted by Gasteiger charge is 2.21. The van der Waals surface area contributed by atoms with Gasteiger partial charge in [-0.25, -0.2) is 4.79 Å². The summed E-state index contributed by atoms with van der Waals surface area (Å²) in [5.41, 5.74) is -0.0681. The quantitative estimate of drug-likeness (QED) is 0.428. The topological polar surface area (TPSA) is 104 Å². The number of esters is 1. The van der Waals surface area contributed by atoms with Gasteiger partial charge in [0.1, 0.15) is 12.2 Å². The Labute approximate surface area is 93.2 Å². The van der Waals surface area contributed by atoms with Crippen molar-refractivity contribution in [1.82, 2.24) is 0 Å². The summed E-state index contributed by atoms with van der Waals surface area (Å²) in [4.78, 5) is 21.6. The molecule has 0 aromatic carbocycles. The number of aliphatic hydroxyl groups is 2. The van der Waals surface area contributed by atoms with Gasteiger partial charge in [0.15, 0.2) is 0 Å². The molecule has 0 aromatic rings. The summed E-state index contributed by atoms with van der Waals surface area (Å²) in [6.45, 7) is 2.25. The molecule has 2 unspecified atom stereocenters. The van der Waals surface area contributed by atoms with Crippen molar-refractivity contribution in [1.29, 1.82) is 0 Å². The van der Waals surface area contributed by atoms with Crippen molar-refractivity contribution in [2.45, 2.75) is 32.5 Å². The Morgan fingerprint density at radius 1 is 1.44 bits per heavy atom. The highest BCUT2D eigenvalue weighted by atomic mass is 16.6. The normalized spacial score (nSPS) is 15.4. The molecule has 0 bridgehead atoms. The second-order valence-corrected chi connectivity index (χ2v) is 3.21. The molecule has 6 heteroatoms. The number of aliphatic carboxylic acids is 1. The van der Waals surface area contributed by atoms with Crippen molar-refractivity contribution in [2.24, 2.45) is 0 Å². The summed E-state index contributed by atoms with van der Waals surface area (Å²) >= 11 is 0. The Kier molecular flexibility index (Phi) is 6.36. The fourth-order valence-electron chi connectivity index (χ4n) is 0.880. The molecule has 0 amide bonds. The first-order valence-electron chi connectivity index (χ1n) is 4.82. The van der Waals surface area contributed by atoms with E-state index in [1.165, 1.54) is 6.92 Å². The Hall–Kier alpha value is -1.40. The molecule has 6 nitrogen and oxygen atoms in total. The van der Waals surface area contributed by atoms with Crippen LogP contribution < -0.4 is 0 Å². The Bertz CT molecular complexity index is 283. The fraction of sp³-hybridized carbons (Fsp3) is 0.600. The lowest BCUT2D eigenvalue weighted by Gasteiger charge is -2.18. The van der Waals surface area contributed by atoms with Crippen LogP contribution in [0.1, 0.15) is 20.3 Å². The maximum absolute atomic E-state index is 11.0. The van der Waals surface area contributed by atoms with Crippen LogP contribution in [0, 0.1) is 0 Å². The van der Waals surface area contributed by atoms with Gasteiger partial charge in [0.25, 0.3) is 0 Å². The molecule has 0 saturated heterocycles. The lowest BCUT2D eigenvalue weighted by atomic mass is 10.1. The average molecular weight is 232 g/mol. The third-order valence-electron chi connectivity index (χ3n) is 1.87. The molecule has 0 heterocycles. The Morgan fingerprint density at radius 3 is 2.38 bits per heavy atom. The maximum atomic E-state index is 11.0. The third-order valence-corrected chi connectivity index (χ3v) is 1.87. The second-order valence-electron chi connectivity index (χ2n) is 3.21. The molecule has 0 rings (SSSR count). The minimum absolute atomic E-state index is 0.0681. The van der Waals surface area contributed by atoms with E-state index < -0.39 is 30.8 Å². The standard InChI is InChI=1S/C10H16O6/c1-3-9(13)16-8(7(12)5-11)4-6(2)10(14)15/h4,7-8,11-12H,3,5H2,1-2H3,(H,14,15). The highest BCUT2D eigenvalue weighted by molar-refractivity contribution is 5.86. The lowest BCUT2D eigenvalue weighted by molar-refractivity contribution is -0.152. The predicted octanol–water partition coefficient (Wildman–Crippen LogP) is -0.308. The molecule has 0 aliphatic rings. The number of carboxylic acid groups (broad SMARTS) is 1. The molecule has 2 atom stereocenters. The summed E-state index contributed by atoms with van der Waals surface area (Å²) in [5.74, 6) is -1.75. The van der Waals surface area contributed by atoms with Gasteiger partial charge in [-0.15, -0.1) is 0 Å². The van der Waals surface area contributed by atoms with Gasteiger partial charge in [-0.2, -0.15) is 0 Å². The van der Waals surface area contributed by atoms with Gasteiger partial charge in [0, 0.05) is 12.0 Å². The molecule has 3 N–H and O–H groups in total. The van der Waals surface area contributed by atoms with E-state index >= 15 is 0 Å². The monoisotopic (exact) mass is 232 g/mol. The number of hydrogen-bond donors (Lipinski definition) is 3. The van der Waals surface area contributed by atoms with E-state index in [4.69, 9.17) is 14.9 Å². The molecule has 0 aromatic heterocycles. The lowest BCUT2D eigenvalue weighted by Crippen LogP contribution is -2.33. The van der Waals surface area contributed by atoms with Crippen LogP contribution in [0.3, 0.4) is 0 Å². The molecular formula is C10H16O6. The van der Waals surface area contributed by atoms with Gasteiger partial charge in [-0.05, 0) is 13.0 Å². The van der Waals surface area contributed by atoms with Crippen molar-refractivity contribution < 1.29 is 29.6 Å². The van der Waals surface area contributed by atoms with Gasteiger partial charge < -0.3 is 20.1 Å². The van der Waals surface area contributed by atoms with Gasteiger partial charge in [0.2, 0.25) is 0 Å². The summed E-state index contributed by atoms with van der Waals surface area (Å²) in [6, 6.07) is 0. The van der Waals surface area contributed by atoms with E-state index in [0.29, 0.717) is 0 Å². The van der Waals surface area contributed by atoms with Gasteiger partial charge >= 0.3 is 11.9 Å². The first-order chi connectivity index (χ1) is 7.42. The second kappa shape index (κ2) is 6.97. The van der Waals surface area contributed by atoms with E-state index in [9.17, 15) is 14.7 Å². The van der Waals surface area contributed by atoms with E-state index in [2.05, 4.69) is 0 Å². The molecule has 0 spiro atoms. The highest BCUT2D eigenvalue weighted by Crippen LogP contribution is 2.07. The number of ether oxygens (including phenoxy) is 1. The van der Waals surface area contributed by atoms with E-state index in [0.717, 1.165) is 6.08 Å². The first kappa shape index (κ1) is 14.6. The third kappa shape index (κ3) is 4.90. The predicted molar refractivity (Wildman–Crippen MR) is 54.7 cm³/mol. The summed E-state index contributed by atoms with van der Waals surface area (Å²) in [6.07, 6.45) is -1.27. The van der Waals surface area contributed by atoms with Crippen molar-refractivity contribution in [3.8, 4) is 0 Å². The van der Waals surface area contributed by atoms with Gasteiger partial charge in [-0.1, -0.05) is 6.92 Å². The Morgan fingerprint density at radius 2 is 2.00 bits per heavy atom. The zero-order valence-corrected chi connectivity index (χ0v) is 9.21. The summed E-state index contributed by atoms with van der Waals surface area (Å²) in [5, 5.41) is 26.7. The smallest absolute Gasteiger partial charge is 0.331 e. The summed E-state index contributed by atoms with van der Waals surface area (Å²) < 4.78 is 4.78. The van der Waals surface area contributed by atoms with Crippen LogP contribution in [0.25, 0.3) is 0 Å². The van der Waals surface area contributed by atoms with Gasteiger partial charge in [-0.3, -0.25) is 4.79 Å². The van der Waals surface area contributed by atoms with Crippen LogP contribution in [-0.4, -0.2) is 46.1 Å². The van der Waals surface area contributed by atoms with Crippen LogP contribution >= 0.6 is 0 Å². The van der Waals surface area contributed by atoms with Crippen LogP contribution in [-0.2, 0) is 14.3 Å². The number of carbonyl (C=O) groups is 2. The molecule has 0 fully saturated rings. The van der Waals surface area contributed by atoms with Crippen molar-refractivity contribution in [2.75, 3.05) is 6.61 Å². The minimum Gasteiger partial charge on any atom is -0.478 e. The van der Waals surface area contributed by atoms with Crippen LogP contribution in [0.5, 0.6) is 0 Å². The summed E-state index contributed by atoms with van der Waals surface area (Å²) in [7, 11) is 0. The SMILES string of the molecule is CCC(=O)OC(C=C(C)C(=O)O)C(O)CO. The van der Waals surface area contributed by atoms with Gasteiger partial charge in [0.05, 0.1) is 6.61 Å². The number of aliphatic hydroxyl groups excluding tert-OH is 2. The van der Waals surface area contributed by atoms with Crippen molar-refractivity contribution in [3.05, 3.63) is 11.6 Å². The molecule has 0 aliphatic carbocycles. The molecule has 0 aliphatic heterocycles. The Balaban J connectivity index is 4.74. The average Bonchev–Trinajstić information content (AvgIpc) is 2.26. The largest absolute Gasteiger partial charge is 0.478 e. The zero-order chi connectivity index (χ0) is 12.7. The number of carboxylic acids is 1. The van der Waals surface area contributed by atoms with Crippen molar-refractivity contribution >= 4 is 11.9 Å². The van der Waals surface area contributed by atoms with E-state index in [-0.39, 0.29) is 12.0 Å².